The Morgan fingerprint density at radius 2 is 2.00 bits per heavy atom. The molecule has 7 nitrogen and oxygen atoms in total. The molecule has 2 aromatic rings. The van der Waals surface area contributed by atoms with Gasteiger partial charge in [-0.1, -0.05) is 18.2 Å². The van der Waals surface area contributed by atoms with Gasteiger partial charge in [0, 0.05) is 24.9 Å². The van der Waals surface area contributed by atoms with E-state index in [0.717, 1.165) is 12.8 Å². The molecule has 1 aliphatic heterocycles. The fourth-order valence-electron chi connectivity index (χ4n) is 3.31. The second-order valence-electron chi connectivity index (χ2n) is 6.40. The predicted octanol–water partition coefficient (Wildman–Crippen LogP) is 2.48. The molecule has 0 unspecified atom stereocenters. The third-order valence-electron chi connectivity index (χ3n) is 4.66. The van der Waals surface area contributed by atoms with Gasteiger partial charge in [-0.05, 0) is 31.0 Å². The summed E-state index contributed by atoms with van der Waals surface area (Å²) in [4.78, 5) is 28.0. The smallest absolute Gasteiger partial charge is 0.227 e. The van der Waals surface area contributed by atoms with Gasteiger partial charge in [-0.25, -0.2) is 15.0 Å². The van der Waals surface area contributed by atoms with E-state index in [1.54, 1.807) is 18.5 Å². The lowest BCUT2D eigenvalue weighted by atomic mass is 10.0. The summed E-state index contributed by atoms with van der Waals surface area (Å²) in [6.45, 7) is 1.54. The van der Waals surface area contributed by atoms with Gasteiger partial charge in [0.05, 0.1) is 13.2 Å². The average Bonchev–Trinajstić information content (AvgIpc) is 3.23. The third-order valence-corrected chi connectivity index (χ3v) is 4.66. The van der Waals surface area contributed by atoms with Crippen molar-refractivity contribution >= 4 is 17.5 Å². The molecule has 1 aliphatic carbocycles. The lowest BCUT2D eigenvalue weighted by Crippen LogP contribution is -2.46. The molecule has 4 rings (SSSR count). The number of anilines is 2. The summed E-state index contributed by atoms with van der Waals surface area (Å²) in [6, 6.07) is 7.16. The van der Waals surface area contributed by atoms with Crippen LogP contribution in [0.25, 0.3) is 0 Å². The number of nitrogens with zero attached hydrogens (tertiary/aromatic N) is 4. The first kappa shape index (κ1) is 16.7. The zero-order chi connectivity index (χ0) is 17.8. The summed E-state index contributed by atoms with van der Waals surface area (Å²) in [6.07, 6.45) is 9.19. The Bertz CT molecular complexity index is 788. The number of allylic oxidation sites excluding steroid dienone is 2. The number of hydrogen-bond acceptors (Lipinski definition) is 6. The van der Waals surface area contributed by atoms with E-state index in [2.05, 4.69) is 32.4 Å². The van der Waals surface area contributed by atoms with E-state index in [-0.39, 0.29) is 17.9 Å². The summed E-state index contributed by atoms with van der Waals surface area (Å²) in [5, 5.41) is 3.17. The van der Waals surface area contributed by atoms with Crippen molar-refractivity contribution in [2.24, 2.45) is 5.92 Å². The van der Waals surface area contributed by atoms with Gasteiger partial charge >= 0.3 is 0 Å². The van der Waals surface area contributed by atoms with Gasteiger partial charge in [0.15, 0.2) is 5.82 Å². The van der Waals surface area contributed by atoms with Crippen LogP contribution in [0.2, 0.25) is 0 Å². The van der Waals surface area contributed by atoms with E-state index in [4.69, 9.17) is 4.74 Å². The normalized spacial score (nSPS) is 20.3. The van der Waals surface area contributed by atoms with Gasteiger partial charge in [-0.3, -0.25) is 4.79 Å². The van der Waals surface area contributed by atoms with E-state index in [1.165, 1.54) is 0 Å². The molecule has 0 saturated carbocycles. The summed E-state index contributed by atoms with van der Waals surface area (Å²) in [5.74, 6) is 2.14. The van der Waals surface area contributed by atoms with Crippen LogP contribution in [0.15, 0.2) is 48.8 Å². The van der Waals surface area contributed by atoms with Gasteiger partial charge in [-0.2, -0.15) is 0 Å². The first-order chi connectivity index (χ1) is 12.8. The molecule has 2 aliphatic rings. The number of amides is 1. The van der Waals surface area contributed by atoms with Crippen molar-refractivity contribution in [1.82, 2.24) is 19.9 Å². The van der Waals surface area contributed by atoms with Crippen LogP contribution in [-0.4, -0.2) is 45.5 Å². The van der Waals surface area contributed by atoms with Crippen LogP contribution in [0.5, 0.6) is 0 Å². The topological polar surface area (TPSA) is 80.2 Å². The van der Waals surface area contributed by atoms with E-state index in [1.807, 2.05) is 23.1 Å². The van der Waals surface area contributed by atoms with Crippen molar-refractivity contribution in [2.75, 3.05) is 25.1 Å². The molecule has 0 spiro atoms. The molecule has 26 heavy (non-hydrogen) atoms. The van der Waals surface area contributed by atoms with Gasteiger partial charge < -0.3 is 15.0 Å². The molecule has 134 valence electrons. The Balaban J connectivity index is 1.54. The van der Waals surface area contributed by atoms with Crippen LogP contribution < -0.4 is 5.32 Å². The molecule has 1 saturated heterocycles. The Hall–Kier alpha value is -2.80. The fourth-order valence-corrected chi connectivity index (χ4v) is 3.31. The summed E-state index contributed by atoms with van der Waals surface area (Å²) < 4.78 is 5.62. The molecule has 1 atom stereocenters. The second kappa shape index (κ2) is 7.61. The number of pyridine rings is 1. The number of hydrogen-bond donors (Lipinski definition) is 1. The van der Waals surface area contributed by atoms with E-state index in [0.29, 0.717) is 37.2 Å². The maximum absolute atomic E-state index is 12.9. The van der Waals surface area contributed by atoms with Gasteiger partial charge in [-0.15, -0.1) is 0 Å². The van der Waals surface area contributed by atoms with E-state index >= 15 is 0 Å². The number of ether oxygens (including phenoxy) is 1. The number of aromatic nitrogens is 3. The van der Waals surface area contributed by atoms with Gasteiger partial charge in [0.2, 0.25) is 5.91 Å². The standard InChI is InChI=1S/C19H21N5O2/c25-19(14-5-1-2-6-14)24-11-12-26-13-15(24)18-21-10-8-17(23-18)22-16-7-3-4-9-20-16/h1-4,7-10,14-15H,5-6,11-13H2,(H,20,21,22,23)/t15-/m1/s1. The lowest BCUT2D eigenvalue weighted by Gasteiger charge is -2.36. The largest absolute Gasteiger partial charge is 0.377 e. The number of morpholine rings is 1. The van der Waals surface area contributed by atoms with Crippen LogP contribution in [-0.2, 0) is 9.53 Å². The lowest BCUT2D eigenvalue weighted by molar-refractivity contribution is -0.144. The average molecular weight is 351 g/mol. The maximum Gasteiger partial charge on any atom is 0.227 e. The first-order valence-corrected chi connectivity index (χ1v) is 8.85. The monoisotopic (exact) mass is 351 g/mol. The molecule has 7 heteroatoms. The van der Waals surface area contributed by atoms with Crippen molar-refractivity contribution in [3.8, 4) is 0 Å². The zero-order valence-electron chi connectivity index (χ0n) is 14.4. The van der Waals surface area contributed by atoms with Crippen molar-refractivity contribution in [3.63, 3.8) is 0 Å². The third kappa shape index (κ3) is 3.57. The molecule has 1 N–H and O–H groups in total. The van der Waals surface area contributed by atoms with Gasteiger partial charge in [0.25, 0.3) is 0 Å². The summed E-state index contributed by atoms with van der Waals surface area (Å²) in [7, 11) is 0. The molecule has 1 amide bonds. The highest BCUT2D eigenvalue weighted by molar-refractivity contribution is 5.80. The minimum atomic E-state index is -0.262. The first-order valence-electron chi connectivity index (χ1n) is 8.85. The van der Waals surface area contributed by atoms with Crippen LogP contribution in [0.1, 0.15) is 24.7 Å². The molecular formula is C19H21N5O2. The second-order valence-corrected chi connectivity index (χ2v) is 6.40. The summed E-state index contributed by atoms with van der Waals surface area (Å²) in [5.41, 5.74) is 0. The Morgan fingerprint density at radius 3 is 2.81 bits per heavy atom. The van der Waals surface area contributed by atoms with Crippen LogP contribution in [0.4, 0.5) is 11.6 Å². The number of carbonyl (C=O) groups excluding carboxylic acids is 1. The fraction of sp³-hybridized carbons (Fsp3) is 0.368. The number of rotatable bonds is 4. The Morgan fingerprint density at radius 1 is 1.12 bits per heavy atom. The summed E-state index contributed by atoms with van der Waals surface area (Å²) >= 11 is 0. The Kier molecular flexibility index (Phi) is 4.88. The number of nitrogens with one attached hydrogen (secondary N) is 1. The maximum atomic E-state index is 12.9. The highest BCUT2D eigenvalue weighted by atomic mass is 16.5. The molecule has 0 aromatic carbocycles. The van der Waals surface area contributed by atoms with E-state index < -0.39 is 0 Å². The predicted molar refractivity (Wildman–Crippen MR) is 96.7 cm³/mol. The highest BCUT2D eigenvalue weighted by Gasteiger charge is 2.34. The van der Waals surface area contributed by atoms with Crippen LogP contribution in [0.3, 0.4) is 0 Å². The minimum Gasteiger partial charge on any atom is -0.377 e. The SMILES string of the molecule is O=C(C1CC=CC1)N1CCOC[C@@H]1c1nccc(Nc2ccccn2)n1. The molecule has 3 heterocycles. The van der Waals surface area contributed by atoms with Gasteiger partial charge in [0.1, 0.15) is 17.7 Å². The van der Waals surface area contributed by atoms with Crippen molar-refractivity contribution in [3.05, 3.63) is 54.6 Å². The Labute approximate surface area is 152 Å². The number of carbonyl (C=O) groups is 1. The van der Waals surface area contributed by atoms with Crippen molar-refractivity contribution < 1.29 is 9.53 Å². The quantitative estimate of drug-likeness (QED) is 0.853. The molecule has 1 fully saturated rings. The minimum absolute atomic E-state index is 0.0328. The zero-order valence-corrected chi connectivity index (χ0v) is 14.4. The molecule has 0 radical (unpaired) electrons. The van der Waals surface area contributed by atoms with Crippen LogP contribution >= 0.6 is 0 Å². The molecular weight excluding hydrogens is 330 g/mol. The molecule has 0 bridgehead atoms. The highest BCUT2D eigenvalue weighted by Crippen LogP contribution is 2.28. The van der Waals surface area contributed by atoms with Crippen LogP contribution in [0, 0.1) is 5.92 Å². The van der Waals surface area contributed by atoms with Crippen molar-refractivity contribution in [1.29, 1.82) is 0 Å². The molecule has 2 aromatic heterocycles. The van der Waals surface area contributed by atoms with Crippen molar-refractivity contribution in [2.45, 2.75) is 18.9 Å². The van der Waals surface area contributed by atoms with E-state index in [9.17, 15) is 4.79 Å².